The fourth-order valence-electron chi connectivity index (χ4n) is 2.20. The smallest absolute Gasteiger partial charge is 0.179 e. The third-order valence-corrected chi connectivity index (χ3v) is 5.54. The number of benzene rings is 2. The van der Waals surface area contributed by atoms with Crippen molar-refractivity contribution in [1.82, 2.24) is 4.90 Å². The topological polar surface area (TPSA) is 37.4 Å². The van der Waals surface area contributed by atoms with Gasteiger partial charge in [0.2, 0.25) is 0 Å². The lowest BCUT2D eigenvalue weighted by molar-refractivity contribution is 0.276. The van der Waals surface area contributed by atoms with Crippen molar-refractivity contribution in [2.45, 2.75) is 17.9 Å². The lowest BCUT2D eigenvalue weighted by Gasteiger charge is -2.25. The summed E-state index contributed by atoms with van der Waals surface area (Å²) in [5.74, 6) is -0.218. The first-order valence-corrected chi connectivity index (χ1v) is 8.79. The van der Waals surface area contributed by atoms with Crippen LogP contribution in [0.2, 0.25) is 0 Å². The summed E-state index contributed by atoms with van der Waals surface area (Å²) >= 11 is 0. The fraction of sp³-hybridized carbons (Fsp3) is 0.294. The molecule has 118 valence electrons. The van der Waals surface area contributed by atoms with Crippen LogP contribution in [0.3, 0.4) is 0 Å². The predicted molar refractivity (Wildman–Crippen MR) is 85.9 cm³/mol. The van der Waals surface area contributed by atoms with Crippen LogP contribution in [0.25, 0.3) is 0 Å². The molecule has 1 unspecified atom stereocenters. The van der Waals surface area contributed by atoms with E-state index >= 15 is 0 Å². The SMILES string of the molecule is CC(c1ccc(F)cc1)N(C)CCS(=O)(=O)c1ccccc1. The molecule has 0 aliphatic rings. The molecule has 0 aliphatic carbocycles. The molecule has 2 aromatic carbocycles. The third kappa shape index (κ3) is 4.15. The van der Waals surface area contributed by atoms with Crippen molar-refractivity contribution in [2.24, 2.45) is 0 Å². The minimum Gasteiger partial charge on any atom is -0.299 e. The highest BCUT2D eigenvalue weighted by atomic mass is 32.2. The maximum atomic E-state index is 13.0. The number of sulfone groups is 1. The molecule has 0 bridgehead atoms. The molecule has 0 spiro atoms. The largest absolute Gasteiger partial charge is 0.299 e. The minimum atomic E-state index is -3.28. The first kappa shape index (κ1) is 16.6. The normalized spacial score (nSPS) is 13.3. The Morgan fingerprint density at radius 1 is 1.05 bits per heavy atom. The molecule has 0 saturated carbocycles. The highest BCUT2D eigenvalue weighted by molar-refractivity contribution is 7.91. The number of hydrogen-bond donors (Lipinski definition) is 0. The van der Waals surface area contributed by atoms with Gasteiger partial charge in [-0.15, -0.1) is 0 Å². The van der Waals surface area contributed by atoms with E-state index in [2.05, 4.69) is 0 Å². The molecule has 0 saturated heterocycles. The Morgan fingerprint density at radius 2 is 1.64 bits per heavy atom. The highest BCUT2D eigenvalue weighted by Crippen LogP contribution is 2.19. The minimum absolute atomic E-state index is 0.0200. The van der Waals surface area contributed by atoms with Gasteiger partial charge in [-0.3, -0.25) is 4.90 Å². The van der Waals surface area contributed by atoms with E-state index in [9.17, 15) is 12.8 Å². The molecule has 1 atom stereocenters. The van der Waals surface area contributed by atoms with Gasteiger partial charge in [-0.05, 0) is 43.8 Å². The number of halogens is 1. The summed E-state index contributed by atoms with van der Waals surface area (Å²) in [6.45, 7) is 2.39. The van der Waals surface area contributed by atoms with Gasteiger partial charge in [0.25, 0.3) is 0 Å². The molecule has 2 rings (SSSR count). The van der Waals surface area contributed by atoms with Gasteiger partial charge >= 0.3 is 0 Å². The van der Waals surface area contributed by atoms with E-state index in [1.807, 2.05) is 18.9 Å². The number of hydrogen-bond acceptors (Lipinski definition) is 3. The molecule has 0 aromatic heterocycles. The highest BCUT2D eigenvalue weighted by Gasteiger charge is 2.18. The van der Waals surface area contributed by atoms with E-state index in [4.69, 9.17) is 0 Å². The van der Waals surface area contributed by atoms with Crippen molar-refractivity contribution in [1.29, 1.82) is 0 Å². The summed E-state index contributed by atoms with van der Waals surface area (Å²) in [6.07, 6.45) is 0. The van der Waals surface area contributed by atoms with E-state index in [0.717, 1.165) is 5.56 Å². The van der Waals surface area contributed by atoms with Gasteiger partial charge in [0.05, 0.1) is 10.6 Å². The van der Waals surface area contributed by atoms with Gasteiger partial charge < -0.3 is 0 Å². The molecule has 22 heavy (non-hydrogen) atoms. The van der Waals surface area contributed by atoms with Crippen molar-refractivity contribution in [3.8, 4) is 0 Å². The summed E-state index contributed by atoms with van der Waals surface area (Å²) in [5.41, 5.74) is 0.959. The third-order valence-electron chi connectivity index (χ3n) is 3.83. The quantitative estimate of drug-likeness (QED) is 0.819. The predicted octanol–water partition coefficient (Wildman–Crippen LogP) is 3.29. The molecular weight excluding hydrogens is 301 g/mol. The maximum absolute atomic E-state index is 13.0. The van der Waals surface area contributed by atoms with Gasteiger partial charge in [-0.2, -0.15) is 0 Å². The summed E-state index contributed by atoms with van der Waals surface area (Å²) < 4.78 is 37.5. The van der Waals surface area contributed by atoms with Crippen molar-refractivity contribution in [3.05, 3.63) is 66.0 Å². The van der Waals surface area contributed by atoms with Crippen LogP contribution in [0, 0.1) is 5.82 Å². The van der Waals surface area contributed by atoms with Gasteiger partial charge in [0.15, 0.2) is 9.84 Å². The van der Waals surface area contributed by atoms with E-state index in [1.165, 1.54) is 12.1 Å². The van der Waals surface area contributed by atoms with E-state index in [-0.39, 0.29) is 17.6 Å². The average molecular weight is 321 g/mol. The van der Waals surface area contributed by atoms with Crippen LogP contribution in [0.15, 0.2) is 59.5 Å². The summed E-state index contributed by atoms with van der Waals surface area (Å²) in [4.78, 5) is 2.30. The zero-order chi connectivity index (χ0) is 16.2. The average Bonchev–Trinajstić information content (AvgIpc) is 2.53. The molecule has 0 heterocycles. The van der Waals surface area contributed by atoms with Crippen molar-refractivity contribution < 1.29 is 12.8 Å². The Morgan fingerprint density at radius 3 is 2.23 bits per heavy atom. The van der Waals surface area contributed by atoms with Crippen molar-refractivity contribution >= 4 is 9.84 Å². The standard InChI is InChI=1S/C17H20FNO2S/c1-14(15-8-10-16(18)11-9-15)19(2)12-13-22(20,21)17-6-4-3-5-7-17/h3-11,14H,12-13H2,1-2H3. The summed E-state index contributed by atoms with van der Waals surface area (Å²) in [5, 5.41) is 0. The Hall–Kier alpha value is -1.72. The first-order valence-electron chi connectivity index (χ1n) is 7.13. The second kappa shape index (κ2) is 7.03. The van der Waals surface area contributed by atoms with Crippen LogP contribution < -0.4 is 0 Å². The van der Waals surface area contributed by atoms with Gasteiger partial charge in [-0.1, -0.05) is 30.3 Å². The van der Waals surface area contributed by atoms with E-state index in [0.29, 0.717) is 11.4 Å². The molecule has 0 N–H and O–H groups in total. The number of nitrogens with zero attached hydrogens (tertiary/aromatic N) is 1. The van der Waals surface area contributed by atoms with Crippen LogP contribution in [0.4, 0.5) is 4.39 Å². The zero-order valence-corrected chi connectivity index (χ0v) is 13.6. The Bertz CT molecular complexity index is 699. The van der Waals surface area contributed by atoms with Crippen LogP contribution in [0.5, 0.6) is 0 Å². The van der Waals surface area contributed by atoms with Crippen molar-refractivity contribution in [3.63, 3.8) is 0 Å². The molecule has 2 aromatic rings. The Labute approximate surface area is 131 Å². The first-order chi connectivity index (χ1) is 10.4. The second-order valence-corrected chi connectivity index (χ2v) is 7.45. The number of rotatable bonds is 6. The van der Waals surface area contributed by atoms with Crippen LogP contribution >= 0.6 is 0 Å². The molecule has 0 fully saturated rings. The van der Waals surface area contributed by atoms with Gasteiger partial charge in [-0.25, -0.2) is 12.8 Å². The molecule has 5 heteroatoms. The van der Waals surface area contributed by atoms with Gasteiger partial charge in [0.1, 0.15) is 5.82 Å². The monoisotopic (exact) mass is 321 g/mol. The van der Waals surface area contributed by atoms with E-state index in [1.54, 1.807) is 42.5 Å². The molecule has 0 amide bonds. The fourth-order valence-corrected chi connectivity index (χ4v) is 3.54. The zero-order valence-electron chi connectivity index (χ0n) is 12.7. The lowest BCUT2D eigenvalue weighted by Crippen LogP contribution is -2.28. The maximum Gasteiger partial charge on any atom is 0.179 e. The molecule has 0 aliphatic heterocycles. The molecule has 3 nitrogen and oxygen atoms in total. The Kier molecular flexibility index (Phi) is 5.32. The summed E-state index contributed by atoms with van der Waals surface area (Å²) in [6, 6.07) is 14.8. The summed E-state index contributed by atoms with van der Waals surface area (Å²) in [7, 11) is -1.41. The van der Waals surface area contributed by atoms with Crippen LogP contribution in [0.1, 0.15) is 18.5 Å². The second-order valence-electron chi connectivity index (χ2n) is 5.34. The Balaban J connectivity index is 2.00. The van der Waals surface area contributed by atoms with Crippen LogP contribution in [-0.2, 0) is 9.84 Å². The van der Waals surface area contributed by atoms with E-state index < -0.39 is 9.84 Å². The molecule has 0 radical (unpaired) electrons. The van der Waals surface area contributed by atoms with Gasteiger partial charge in [0, 0.05) is 12.6 Å². The molecular formula is C17H20FNO2S. The van der Waals surface area contributed by atoms with Crippen LogP contribution in [-0.4, -0.2) is 32.7 Å². The lowest BCUT2D eigenvalue weighted by atomic mass is 10.1. The van der Waals surface area contributed by atoms with Crippen molar-refractivity contribution in [2.75, 3.05) is 19.3 Å².